The van der Waals surface area contributed by atoms with Crippen molar-refractivity contribution >= 4 is 45.9 Å². The normalized spacial score (nSPS) is 22.9. The average molecular weight is 780 g/mol. The number of benzene rings is 2. The van der Waals surface area contributed by atoms with Crippen LogP contribution in [0.1, 0.15) is 57.2 Å². The zero-order chi connectivity index (χ0) is 37.9. The number of nitrogens with one attached hydrogen (secondary N) is 3. The minimum Gasteiger partial charge on any atom is -0.493 e. The summed E-state index contributed by atoms with van der Waals surface area (Å²) in [5, 5.41) is 5.83. The lowest BCUT2D eigenvalue weighted by Crippen LogP contribution is -2.58. The predicted octanol–water partition coefficient (Wildman–Crippen LogP) is 4.52. The molecule has 5 saturated heterocycles. The number of thioether (sulfide) groups is 1. The SMILES string of the molecule is O=C1CCC(Nc2ccc(N3CCC(N4CC(CN5CCC(COc6cc(F)c7c(=O)[nH]c(CSC8CCOCC8)nc7c6)CC5)C4)CC3)c(F)c2)C(=O)N1. The number of aromatic nitrogens is 2. The maximum atomic E-state index is 15.2. The van der Waals surface area contributed by atoms with Crippen molar-refractivity contribution in [3.8, 4) is 5.75 Å². The van der Waals surface area contributed by atoms with Gasteiger partial charge < -0.3 is 29.6 Å². The third kappa shape index (κ3) is 9.27. The van der Waals surface area contributed by atoms with Crippen molar-refractivity contribution in [3.63, 3.8) is 0 Å². The summed E-state index contributed by atoms with van der Waals surface area (Å²) in [6, 6.07) is 8.01. The lowest BCUT2D eigenvalue weighted by molar-refractivity contribution is -0.133. The molecule has 0 spiro atoms. The molecule has 8 rings (SSSR count). The van der Waals surface area contributed by atoms with Gasteiger partial charge in [-0.25, -0.2) is 13.8 Å². The number of nitrogens with zero attached hydrogens (tertiary/aromatic N) is 4. The highest BCUT2D eigenvalue weighted by Crippen LogP contribution is 2.32. The van der Waals surface area contributed by atoms with Gasteiger partial charge in [0.25, 0.3) is 5.56 Å². The van der Waals surface area contributed by atoms with Crippen LogP contribution in [0.25, 0.3) is 10.9 Å². The van der Waals surface area contributed by atoms with Crippen molar-refractivity contribution in [2.45, 2.75) is 74.5 Å². The number of likely N-dealkylation sites (tertiary alicyclic amines) is 2. The summed E-state index contributed by atoms with van der Waals surface area (Å²) in [6.45, 7) is 8.97. The van der Waals surface area contributed by atoms with Crippen molar-refractivity contribution < 1.29 is 27.8 Å². The summed E-state index contributed by atoms with van der Waals surface area (Å²) in [5.41, 5.74) is 1.00. The van der Waals surface area contributed by atoms with E-state index in [1.165, 1.54) is 12.1 Å². The highest BCUT2D eigenvalue weighted by Gasteiger charge is 2.36. The predicted molar refractivity (Wildman–Crippen MR) is 209 cm³/mol. The van der Waals surface area contributed by atoms with E-state index in [2.05, 4.69) is 35.3 Å². The van der Waals surface area contributed by atoms with Gasteiger partial charge in [0.1, 0.15) is 34.6 Å². The minimum absolute atomic E-state index is 0.0268. The standard InChI is InChI=1S/C40H51F2N7O5S/c41-31-17-27(43-33-2-4-37(50)46-39(33)51)1-3-35(31)48-13-7-28(8-14-48)49-21-26(22-49)20-47-11-5-25(6-12-47)23-54-29-18-32(42)38-34(19-29)44-36(45-40(38)52)24-55-30-9-15-53-16-10-30/h1,3,17-19,25-26,28,30,33,43H,2,4-16,20-24H2,(H,44,45,52)(H,46,50,51). The summed E-state index contributed by atoms with van der Waals surface area (Å²) in [7, 11) is 0. The molecule has 0 radical (unpaired) electrons. The number of hydrogen-bond donors (Lipinski definition) is 3. The third-order valence-corrected chi connectivity index (χ3v) is 13.3. The molecule has 12 nitrogen and oxygen atoms in total. The van der Waals surface area contributed by atoms with E-state index in [-0.39, 0.29) is 29.4 Å². The number of aromatic amines is 1. The maximum Gasteiger partial charge on any atom is 0.261 e. The molecule has 3 aromatic rings. The molecule has 6 heterocycles. The molecule has 2 aromatic carbocycles. The fourth-order valence-electron chi connectivity index (χ4n) is 8.73. The van der Waals surface area contributed by atoms with Crippen molar-refractivity contribution in [3.05, 3.63) is 58.1 Å². The van der Waals surface area contributed by atoms with Crippen LogP contribution in [0.15, 0.2) is 35.1 Å². The number of fused-ring (bicyclic) bond motifs is 1. The molecule has 3 N–H and O–H groups in total. The fraction of sp³-hybridized carbons (Fsp3) is 0.600. The van der Waals surface area contributed by atoms with Crippen LogP contribution in [0.3, 0.4) is 0 Å². The Hall–Kier alpha value is -3.79. The van der Waals surface area contributed by atoms with Gasteiger partial charge in [-0.05, 0) is 88.1 Å². The van der Waals surface area contributed by atoms with Crippen LogP contribution in [-0.4, -0.2) is 115 Å². The molecule has 296 valence electrons. The summed E-state index contributed by atoms with van der Waals surface area (Å²) in [4.78, 5) is 50.8. The van der Waals surface area contributed by atoms with Crippen molar-refractivity contribution in [1.82, 2.24) is 25.1 Å². The lowest BCUT2D eigenvalue weighted by atomic mass is 9.91. The quantitative estimate of drug-likeness (QED) is 0.225. The average Bonchev–Trinajstić information content (AvgIpc) is 3.16. The number of imide groups is 1. The van der Waals surface area contributed by atoms with Crippen LogP contribution in [0.4, 0.5) is 20.2 Å². The Morgan fingerprint density at radius 2 is 1.69 bits per heavy atom. The smallest absolute Gasteiger partial charge is 0.261 e. The number of amides is 2. The first-order chi connectivity index (χ1) is 26.7. The number of halogens is 2. The van der Waals surface area contributed by atoms with Crippen molar-refractivity contribution in [2.75, 3.05) is 75.9 Å². The molecule has 55 heavy (non-hydrogen) atoms. The molecule has 5 aliphatic rings. The van der Waals surface area contributed by atoms with Crippen molar-refractivity contribution in [1.29, 1.82) is 0 Å². The molecular formula is C40H51F2N7O5S. The maximum absolute atomic E-state index is 15.2. The fourth-order valence-corrected chi connectivity index (χ4v) is 9.79. The van der Waals surface area contributed by atoms with Gasteiger partial charge in [-0.1, -0.05) is 0 Å². The zero-order valence-corrected chi connectivity index (χ0v) is 32.0. The molecule has 0 bridgehead atoms. The van der Waals surface area contributed by atoms with Gasteiger partial charge in [-0.2, -0.15) is 11.8 Å². The van der Waals surface area contributed by atoms with E-state index < -0.39 is 17.4 Å². The first-order valence-electron chi connectivity index (χ1n) is 19.9. The molecule has 1 aromatic heterocycles. The zero-order valence-electron chi connectivity index (χ0n) is 31.2. The third-order valence-electron chi connectivity index (χ3n) is 12.0. The van der Waals surface area contributed by atoms with Gasteiger partial charge in [0.05, 0.1) is 23.6 Å². The Morgan fingerprint density at radius 3 is 2.44 bits per heavy atom. The first kappa shape index (κ1) is 38.1. The molecule has 5 fully saturated rings. The van der Waals surface area contributed by atoms with Gasteiger partial charge in [-0.3, -0.25) is 24.6 Å². The Balaban J connectivity index is 0.737. The van der Waals surface area contributed by atoms with Gasteiger partial charge in [0, 0.05) is 81.5 Å². The molecule has 0 saturated carbocycles. The highest BCUT2D eigenvalue weighted by molar-refractivity contribution is 7.99. The number of H-pyrrole nitrogens is 1. The number of anilines is 2. The Bertz CT molecular complexity index is 1910. The van der Waals surface area contributed by atoms with Gasteiger partial charge in [0.2, 0.25) is 11.8 Å². The summed E-state index contributed by atoms with van der Waals surface area (Å²) in [5.74, 6) is 1.01. The van der Waals surface area contributed by atoms with E-state index in [0.717, 1.165) is 97.6 Å². The highest BCUT2D eigenvalue weighted by atomic mass is 32.2. The second-order valence-electron chi connectivity index (χ2n) is 15.8. The topological polar surface area (TPSA) is 132 Å². The van der Waals surface area contributed by atoms with E-state index in [4.69, 9.17) is 9.47 Å². The summed E-state index contributed by atoms with van der Waals surface area (Å²) in [6.07, 6.45) is 6.68. The molecule has 5 aliphatic heterocycles. The van der Waals surface area contributed by atoms with Gasteiger partial charge in [0.15, 0.2) is 0 Å². The van der Waals surface area contributed by atoms with E-state index in [1.807, 2.05) is 6.07 Å². The number of rotatable bonds is 12. The van der Waals surface area contributed by atoms with E-state index in [9.17, 15) is 14.4 Å². The lowest BCUT2D eigenvalue weighted by Gasteiger charge is -2.49. The Kier molecular flexibility index (Phi) is 11.9. The van der Waals surface area contributed by atoms with Gasteiger partial charge >= 0.3 is 0 Å². The monoisotopic (exact) mass is 779 g/mol. The van der Waals surface area contributed by atoms with E-state index in [1.54, 1.807) is 23.9 Å². The number of carbonyl (C=O) groups excluding carboxylic acids is 2. The molecule has 1 atom stereocenters. The number of carbonyl (C=O) groups is 2. The Morgan fingerprint density at radius 1 is 0.909 bits per heavy atom. The van der Waals surface area contributed by atoms with E-state index >= 15 is 8.78 Å². The number of ether oxygens (including phenoxy) is 2. The second kappa shape index (κ2) is 17.1. The first-order valence-corrected chi connectivity index (χ1v) is 20.9. The number of piperidine rings is 3. The van der Waals surface area contributed by atoms with Crippen LogP contribution in [0.2, 0.25) is 0 Å². The Labute approximate surface area is 324 Å². The molecule has 1 unspecified atom stereocenters. The van der Waals surface area contributed by atoms with Gasteiger partial charge in [-0.15, -0.1) is 0 Å². The molecule has 15 heteroatoms. The van der Waals surface area contributed by atoms with Crippen LogP contribution < -0.4 is 25.8 Å². The second-order valence-corrected chi connectivity index (χ2v) is 17.1. The minimum atomic E-state index is -0.610. The molecular weight excluding hydrogens is 729 g/mol. The van der Waals surface area contributed by atoms with Crippen molar-refractivity contribution in [2.24, 2.45) is 11.8 Å². The van der Waals surface area contributed by atoms with E-state index in [0.29, 0.717) is 70.4 Å². The summed E-state index contributed by atoms with van der Waals surface area (Å²) >= 11 is 1.75. The molecule has 2 amide bonds. The number of hydrogen-bond acceptors (Lipinski definition) is 11. The largest absolute Gasteiger partial charge is 0.493 e. The van der Waals surface area contributed by atoms with Crippen LogP contribution in [0, 0.1) is 23.5 Å². The van der Waals surface area contributed by atoms with Crippen LogP contribution in [-0.2, 0) is 20.1 Å². The molecule has 0 aliphatic carbocycles. The van der Waals surface area contributed by atoms with Crippen LogP contribution in [0.5, 0.6) is 5.75 Å². The summed E-state index contributed by atoms with van der Waals surface area (Å²) < 4.78 is 41.7. The van der Waals surface area contributed by atoms with Crippen LogP contribution >= 0.6 is 11.8 Å².